The molecule has 0 spiro atoms. The second kappa shape index (κ2) is 5.89. The van der Waals surface area contributed by atoms with E-state index in [2.05, 4.69) is 17.1 Å². The molecule has 1 saturated heterocycles. The number of likely N-dealkylation sites (N-methyl/N-ethyl adjacent to an activating group) is 1. The van der Waals surface area contributed by atoms with Gasteiger partial charge in [-0.3, -0.25) is 4.90 Å². The number of benzene rings is 1. The van der Waals surface area contributed by atoms with Crippen LogP contribution < -0.4 is 14.8 Å². The molecule has 2 aliphatic rings. The van der Waals surface area contributed by atoms with Gasteiger partial charge in [-0.1, -0.05) is 6.92 Å². The molecular formula is C15H22N2O3. The average molecular weight is 278 g/mol. The van der Waals surface area contributed by atoms with E-state index < -0.39 is 0 Å². The predicted octanol–water partition coefficient (Wildman–Crippen LogP) is 1.69. The van der Waals surface area contributed by atoms with Crippen molar-refractivity contribution in [2.24, 2.45) is 0 Å². The van der Waals surface area contributed by atoms with Crippen LogP contribution in [-0.4, -0.2) is 42.5 Å². The third-order valence-electron chi connectivity index (χ3n) is 4.17. The van der Waals surface area contributed by atoms with E-state index in [0.717, 1.165) is 24.4 Å². The Kier molecular flexibility index (Phi) is 3.98. The Morgan fingerprint density at radius 2 is 2.15 bits per heavy atom. The van der Waals surface area contributed by atoms with E-state index in [1.807, 2.05) is 6.07 Å². The molecule has 5 heteroatoms. The fourth-order valence-electron chi connectivity index (χ4n) is 3.03. The normalized spacial score (nSPS) is 21.6. The van der Waals surface area contributed by atoms with Gasteiger partial charge in [0.15, 0.2) is 11.5 Å². The molecule has 5 nitrogen and oxygen atoms in total. The van der Waals surface area contributed by atoms with Crippen LogP contribution in [0.25, 0.3) is 0 Å². The average Bonchev–Trinajstić information content (AvgIpc) is 3.07. The number of aromatic hydroxyl groups is 1. The first-order valence-electron chi connectivity index (χ1n) is 7.34. The topological polar surface area (TPSA) is 54.0 Å². The highest BCUT2D eigenvalue weighted by Crippen LogP contribution is 2.37. The number of phenolic OH excluding ortho intramolecular Hbond substituents is 1. The maximum Gasteiger partial charge on any atom is 0.231 e. The van der Waals surface area contributed by atoms with Crippen LogP contribution in [0.15, 0.2) is 12.1 Å². The third-order valence-corrected chi connectivity index (χ3v) is 4.17. The zero-order chi connectivity index (χ0) is 13.9. The van der Waals surface area contributed by atoms with Crippen molar-refractivity contribution in [2.75, 3.05) is 26.4 Å². The molecule has 1 aromatic rings. The maximum absolute atomic E-state index is 9.98. The molecule has 0 radical (unpaired) electrons. The first kappa shape index (κ1) is 13.5. The molecule has 2 aliphatic heterocycles. The van der Waals surface area contributed by atoms with Gasteiger partial charge in [0.2, 0.25) is 6.79 Å². The van der Waals surface area contributed by atoms with E-state index in [0.29, 0.717) is 18.3 Å². The lowest BCUT2D eigenvalue weighted by molar-refractivity contribution is 0.174. The maximum atomic E-state index is 9.98. The van der Waals surface area contributed by atoms with Crippen molar-refractivity contribution in [3.8, 4) is 17.2 Å². The summed E-state index contributed by atoms with van der Waals surface area (Å²) in [4.78, 5) is 2.51. The van der Waals surface area contributed by atoms with Crippen LogP contribution in [-0.2, 0) is 6.54 Å². The van der Waals surface area contributed by atoms with E-state index in [1.165, 1.54) is 19.4 Å². The number of phenols is 1. The minimum Gasteiger partial charge on any atom is -0.507 e. The Balaban J connectivity index is 1.56. The van der Waals surface area contributed by atoms with Gasteiger partial charge in [-0.15, -0.1) is 0 Å². The number of nitrogens with one attached hydrogen (secondary N) is 1. The van der Waals surface area contributed by atoms with Gasteiger partial charge >= 0.3 is 0 Å². The summed E-state index contributed by atoms with van der Waals surface area (Å²) in [6.07, 6.45) is 2.55. The van der Waals surface area contributed by atoms with Crippen molar-refractivity contribution in [3.63, 3.8) is 0 Å². The molecule has 0 bridgehead atoms. The van der Waals surface area contributed by atoms with Gasteiger partial charge in [-0.2, -0.15) is 0 Å². The second-order valence-electron chi connectivity index (χ2n) is 5.39. The number of hydrogen-bond donors (Lipinski definition) is 2. The number of hydrogen-bond acceptors (Lipinski definition) is 5. The molecule has 0 saturated carbocycles. The SMILES string of the molecule is CCN1CCCC1CNCc1cc2c(cc1O)OCO2. The quantitative estimate of drug-likeness (QED) is 0.858. The van der Waals surface area contributed by atoms with Crippen molar-refractivity contribution >= 4 is 0 Å². The summed E-state index contributed by atoms with van der Waals surface area (Å²) in [6, 6.07) is 4.11. The van der Waals surface area contributed by atoms with Crippen molar-refractivity contribution in [3.05, 3.63) is 17.7 Å². The Bertz CT molecular complexity index is 478. The fourth-order valence-corrected chi connectivity index (χ4v) is 3.03. The molecule has 3 rings (SSSR count). The number of likely N-dealkylation sites (tertiary alicyclic amines) is 1. The van der Waals surface area contributed by atoms with Gasteiger partial charge in [0.1, 0.15) is 5.75 Å². The summed E-state index contributed by atoms with van der Waals surface area (Å²) in [5, 5.41) is 13.4. The lowest BCUT2D eigenvalue weighted by Gasteiger charge is -2.23. The molecule has 1 aromatic carbocycles. The van der Waals surface area contributed by atoms with Crippen molar-refractivity contribution in [2.45, 2.75) is 32.4 Å². The van der Waals surface area contributed by atoms with Crippen molar-refractivity contribution in [1.29, 1.82) is 0 Å². The van der Waals surface area contributed by atoms with Crippen LogP contribution in [0.3, 0.4) is 0 Å². The second-order valence-corrected chi connectivity index (χ2v) is 5.39. The van der Waals surface area contributed by atoms with Crippen molar-refractivity contribution < 1.29 is 14.6 Å². The Morgan fingerprint density at radius 1 is 1.35 bits per heavy atom. The fraction of sp³-hybridized carbons (Fsp3) is 0.600. The van der Waals surface area contributed by atoms with E-state index in [9.17, 15) is 5.11 Å². The van der Waals surface area contributed by atoms with Crippen LogP contribution in [0.5, 0.6) is 17.2 Å². The minimum atomic E-state index is 0.235. The van der Waals surface area contributed by atoms with Gasteiger partial charge in [-0.05, 0) is 32.0 Å². The Hall–Kier alpha value is -1.46. The highest BCUT2D eigenvalue weighted by Gasteiger charge is 2.22. The van der Waals surface area contributed by atoms with Gasteiger partial charge in [0, 0.05) is 30.8 Å². The Morgan fingerprint density at radius 3 is 2.95 bits per heavy atom. The van der Waals surface area contributed by atoms with Gasteiger partial charge < -0.3 is 19.9 Å². The molecule has 110 valence electrons. The van der Waals surface area contributed by atoms with Crippen molar-refractivity contribution in [1.82, 2.24) is 10.2 Å². The minimum absolute atomic E-state index is 0.235. The molecule has 2 N–H and O–H groups in total. The first-order valence-corrected chi connectivity index (χ1v) is 7.34. The van der Waals surface area contributed by atoms with E-state index in [4.69, 9.17) is 9.47 Å². The third kappa shape index (κ3) is 2.69. The summed E-state index contributed by atoms with van der Waals surface area (Å²) in [5.74, 6) is 1.61. The summed E-state index contributed by atoms with van der Waals surface area (Å²) in [6.45, 7) is 6.37. The number of ether oxygens (including phenoxy) is 2. The molecule has 0 amide bonds. The Labute approximate surface area is 119 Å². The summed E-state index contributed by atoms with van der Waals surface area (Å²) >= 11 is 0. The molecule has 0 aliphatic carbocycles. The largest absolute Gasteiger partial charge is 0.507 e. The standard InChI is InChI=1S/C15H22N2O3/c1-2-17-5-3-4-12(17)9-16-8-11-6-14-15(7-13(11)18)20-10-19-14/h6-7,12,16,18H,2-5,8-10H2,1H3. The summed E-state index contributed by atoms with van der Waals surface area (Å²) in [5.41, 5.74) is 0.857. The van der Waals surface area contributed by atoms with E-state index >= 15 is 0 Å². The summed E-state index contributed by atoms with van der Waals surface area (Å²) < 4.78 is 10.6. The molecule has 2 heterocycles. The zero-order valence-electron chi connectivity index (χ0n) is 11.9. The van der Waals surface area contributed by atoms with E-state index in [-0.39, 0.29) is 12.5 Å². The number of fused-ring (bicyclic) bond motifs is 1. The first-order chi connectivity index (χ1) is 9.78. The highest BCUT2D eigenvalue weighted by molar-refractivity contribution is 5.51. The van der Waals surface area contributed by atoms with Crippen LogP contribution in [0.4, 0.5) is 0 Å². The number of nitrogens with zero attached hydrogens (tertiary/aromatic N) is 1. The lowest BCUT2D eigenvalue weighted by Crippen LogP contribution is -2.37. The zero-order valence-corrected chi connectivity index (χ0v) is 11.9. The van der Waals surface area contributed by atoms with Gasteiger partial charge in [0.25, 0.3) is 0 Å². The molecule has 0 aromatic heterocycles. The van der Waals surface area contributed by atoms with Crippen LogP contribution in [0, 0.1) is 0 Å². The molecular weight excluding hydrogens is 256 g/mol. The van der Waals surface area contributed by atoms with Crippen LogP contribution in [0.2, 0.25) is 0 Å². The van der Waals surface area contributed by atoms with Crippen LogP contribution >= 0.6 is 0 Å². The smallest absolute Gasteiger partial charge is 0.231 e. The molecule has 1 atom stereocenters. The lowest BCUT2D eigenvalue weighted by atomic mass is 10.1. The molecule has 20 heavy (non-hydrogen) atoms. The van der Waals surface area contributed by atoms with Gasteiger partial charge in [-0.25, -0.2) is 0 Å². The molecule has 1 fully saturated rings. The summed E-state index contributed by atoms with van der Waals surface area (Å²) in [7, 11) is 0. The predicted molar refractivity (Wildman–Crippen MR) is 76.2 cm³/mol. The van der Waals surface area contributed by atoms with Gasteiger partial charge in [0.05, 0.1) is 0 Å². The van der Waals surface area contributed by atoms with E-state index in [1.54, 1.807) is 6.07 Å². The number of rotatable bonds is 5. The van der Waals surface area contributed by atoms with Crippen LogP contribution in [0.1, 0.15) is 25.3 Å². The monoisotopic (exact) mass is 278 g/mol. The molecule has 1 unspecified atom stereocenters. The highest BCUT2D eigenvalue weighted by atomic mass is 16.7.